The molecule has 0 bridgehead atoms. The number of carboxylic acids is 1. The molecule has 0 aliphatic carbocycles. The molecule has 0 heterocycles. The van der Waals surface area contributed by atoms with E-state index >= 15 is 0 Å². The van der Waals surface area contributed by atoms with E-state index in [0.717, 1.165) is 4.47 Å². The number of carboxylic acid groups (broad SMARTS) is 1. The summed E-state index contributed by atoms with van der Waals surface area (Å²) >= 11 is 8.92. The average Bonchev–Trinajstić information content (AvgIpc) is 1.99. The van der Waals surface area contributed by atoms with Crippen molar-refractivity contribution < 1.29 is 14.6 Å². The van der Waals surface area contributed by atoms with Gasteiger partial charge >= 0.3 is 5.97 Å². The van der Waals surface area contributed by atoms with Crippen molar-refractivity contribution in [3.05, 3.63) is 27.7 Å². The van der Waals surface area contributed by atoms with E-state index in [9.17, 15) is 4.79 Å². The first kappa shape index (κ1) is 10.3. The zero-order valence-electron chi connectivity index (χ0n) is 6.46. The summed E-state index contributed by atoms with van der Waals surface area (Å²) in [7, 11) is 0. The van der Waals surface area contributed by atoms with Gasteiger partial charge in [-0.3, -0.25) is 0 Å². The van der Waals surface area contributed by atoms with Crippen LogP contribution in [0.15, 0.2) is 22.7 Å². The third-order valence-electron chi connectivity index (χ3n) is 1.20. The number of rotatable bonds is 3. The van der Waals surface area contributed by atoms with Crippen molar-refractivity contribution in [2.75, 3.05) is 6.61 Å². The van der Waals surface area contributed by atoms with Gasteiger partial charge in [-0.15, -0.1) is 0 Å². The Morgan fingerprint density at radius 3 is 2.77 bits per heavy atom. The molecule has 0 aromatic heterocycles. The van der Waals surface area contributed by atoms with Crippen LogP contribution in [0, 0.1) is 0 Å². The Balaban J connectivity index is 2.71. The summed E-state index contributed by atoms with van der Waals surface area (Å²) in [6, 6.07) is 4.89. The maximum atomic E-state index is 10.2. The Kier molecular flexibility index (Phi) is 3.57. The lowest BCUT2D eigenvalue weighted by Gasteiger charge is -2.03. The largest absolute Gasteiger partial charge is 0.482 e. The van der Waals surface area contributed by atoms with Gasteiger partial charge in [-0.2, -0.15) is 0 Å². The normalized spacial score (nSPS) is 9.69. The molecule has 0 radical (unpaired) electrons. The number of benzene rings is 1. The van der Waals surface area contributed by atoms with Crippen LogP contribution >= 0.6 is 27.5 Å². The van der Waals surface area contributed by atoms with Crippen LogP contribution in [0.2, 0.25) is 5.02 Å². The fraction of sp³-hybridized carbons (Fsp3) is 0.125. The van der Waals surface area contributed by atoms with E-state index in [4.69, 9.17) is 21.4 Å². The average molecular weight is 265 g/mol. The molecule has 0 atom stereocenters. The third-order valence-corrected chi connectivity index (χ3v) is 1.87. The predicted octanol–water partition coefficient (Wildman–Crippen LogP) is 2.57. The fourth-order valence-corrected chi connectivity index (χ4v) is 1.59. The third kappa shape index (κ3) is 3.65. The van der Waals surface area contributed by atoms with Gasteiger partial charge < -0.3 is 9.84 Å². The Morgan fingerprint density at radius 2 is 2.23 bits per heavy atom. The van der Waals surface area contributed by atoms with Crippen LogP contribution in [0.1, 0.15) is 0 Å². The molecule has 5 heteroatoms. The molecule has 13 heavy (non-hydrogen) atoms. The van der Waals surface area contributed by atoms with Crippen LogP contribution < -0.4 is 4.74 Å². The fourth-order valence-electron chi connectivity index (χ4n) is 0.757. The van der Waals surface area contributed by atoms with Crippen molar-refractivity contribution in [2.24, 2.45) is 0 Å². The minimum atomic E-state index is -1.02. The Hall–Kier alpha value is -0.740. The van der Waals surface area contributed by atoms with Gasteiger partial charge in [0.15, 0.2) is 6.61 Å². The standard InChI is InChI=1S/C8H6BrClO3/c9-5-1-6(10)3-7(2-5)13-4-8(11)12/h1-3H,4H2,(H,11,12). The second-order valence-electron chi connectivity index (χ2n) is 2.29. The van der Waals surface area contributed by atoms with Crippen LogP contribution in [0.3, 0.4) is 0 Å². The predicted molar refractivity (Wildman–Crippen MR) is 52.3 cm³/mol. The highest BCUT2D eigenvalue weighted by Crippen LogP contribution is 2.24. The van der Waals surface area contributed by atoms with E-state index in [1.807, 2.05) is 0 Å². The first-order valence-electron chi connectivity index (χ1n) is 3.38. The molecule has 0 fully saturated rings. The highest BCUT2D eigenvalue weighted by atomic mass is 79.9. The van der Waals surface area contributed by atoms with Crippen LogP contribution in [0.25, 0.3) is 0 Å². The molecule has 1 rings (SSSR count). The van der Waals surface area contributed by atoms with E-state index in [1.165, 1.54) is 0 Å². The van der Waals surface area contributed by atoms with Crippen molar-refractivity contribution in [1.29, 1.82) is 0 Å². The number of ether oxygens (including phenoxy) is 1. The summed E-state index contributed by atoms with van der Waals surface area (Å²) in [5.41, 5.74) is 0. The van der Waals surface area contributed by atoms with Gasteiger partial charge in [-0.25, -0.2) is 4.79 Å². The van der Waals surface area contributed by atoms with Crippen LogP contribution in [0.4, 0.5) is 0 Å². The zero-order valence-corrected chi connectivity index (χ0v) is 8.80. The molecule has 3 nitrogen and oxygen atoms in total. The lowest BCUT2D eigenvalue weighted by molar-refractivity contribution is -0.139. The number of hydrogen-bond acceptors (Lipinski definition) is 2. The molecule has 0 saturated heterocycles. The van der Waals surface area contributed by atoms with Crippen LogP contribution in [0.5, 0.6) is 5.75 Å². The Bertz CT molecular complexity index is 307. The number of carbonyl (C=O) groups is 1. The van der Waals surface area contributed by atoms with Crippen molar-refractivity contribution in [1.82, 2.24) is 0 Å². The molecule has 1 aromatic carbocycles. The van der Waals surface area contributed by atoms with Crippen LogP contribution in [-0.4, -0.2) is 17.7 Å². The number of aliphatic carboxylic acids is 1. The monoisotopic (exact) mass is 264 g/mol. The molecule has 70 valence electrons. The first-order chi connectivity index (χ1) is 6.08. The van der Waals surface area contributed by atoms with Crippen molar-refractivity contribution in [3.63, 3.8) is 0 Å². The molecule has 0 aliphatic rings. The Morgan fingerprint density at radius 1 is 1.54 bits per heavy atom. The quantitative estimate of drug-likeness (QED) is 0.913. The van der Waals surface area contributed by atoms with Crippen molar-refractivity contribution in [3.8, 4) is 5.75 Å². The number of halogens is 2. The van der Waals surface area contributed by atoms with Gasteiger partial charge in [0.05, 0.1) is 0 Å². The Labute approximate surface area is 88.4 Å². The van der Waals surface area contributed by atoms with E-state index in [1.54, 1.807) is 18.2 Å². The summed E-state index contributed by atoms with van der Waals surface area (Å²) < 4.78 is 5.67. The second-order valence-corrected chi connectivity index (χ2v) is 3.64. The smallest absolute Gasteiger partial charge is 0.341 e. The van der Waals surface area contributed by atoms with Gasteiger partial charge in [0.25, 0.3) is 0 Å². The first-order valence-corrected chi connectivity index (χ1v) is 4.56. The molecule has 0 amide bonds. The SMILES string of the molecule is O=C(O)COc1cc(Cl)cc(Br)c1. The van der Waals surface area contributed by atoms with Crippen LogP contribution in [-0.2, 0) is 4.79 Å². The van der Waals surface area contributed by atoms with Gasteiger partial charge in [0.1, 0.15) is 5.75 Å². The molecule has 1 N–H and O–H groups in total. The molecular formula is C8H6BrClO3. The molecule has 0 unspecified atom stereocenters. The minimum absolute atomic E-state index is 0.368. The molecule has 0 aliphatic heterocycles. The summed E-state index contributed by atoms with van der Waals surface area (Å²) in [6.45, 7) is -0.368. The van der Waals surface area contributed by atoms with E-state index in [2.05, 4.69) is 15.9 Å². The number of hydrogen-bond donors (Lipinski definition) is 1. The van der Waals surface area contributed by atoms with Crippen molar-refractivity contribution in [2.45, 2.75) is 0 Å². The topological polar surface area (TPSA) is 46.5 Å². The molecule has 0 spiro atoms. The maximum Gasteiger partial charge on any atom is 0.341 e. The van der Waals surface area contributed by atoms with E-state index < -0.39 is 5.97 Å². The summed E-state index contributed by atoms with van der Waals surface area (Å²) in [6.07, 6.45) is 0. The van der Waals surface area contributed by atoms with E-state index in [-0.39, 0.29) is 6.61 Å². The summed E-state index contributed by atoms with van der Waals surface area (Å²) in [5, 5.41) is 8.84. The van der Waals surface area contributed by atoms with E-state index in [0.29, 0.717) is 10.8 Å². The van der Waals surface area contributed by atoms with Gasteiger partial charge in [0, 0.05) is 9.50 Å². The molecule has 1 aromatic rings. The highest BCUT2D eigenvalue weighted by molar-refractivity contribution is 9.10. The van der Waals surface area contributed by atoms with Gasteiger partial charge in [0.2, 0.25) is 0 Å². The highest BCUT2D eigenvalue weighted by Gasteiger charge is 2.01. The van der Waals surface area contributed by atoms with Gasteiger partial charge in [-0.05, 0) is 18.2 Å². The minimum Gasteiger partial charge on any atom is -0.482 e. The lowest BCUT2D eigenvalue weighted by Crippen LogP contribution is -2.09. The lowest BCUT2D eigenvalue weighted by atomic mass is 10.3. The second kappa shape index (κ2) is 4.48. The summed E-state index contributed by atoms with van der Waals surface area (Å²) in [4.78, 5) is 10.2. The molecule has 0 saturated carbocycles. The molecular weight excluding hydrogens is 259 g/mol. The van der Waals surface area contributed by atoms with Gasteiger partial charge in [-0.1, -0.05) is 27.5 Å². The summed E-state index contributed by atoms with van der Waals surface area (Å²) in [5.74, 6) is -0.585. The van der Waals surface area contributed by atoms with Crippen molar-refractivity contribution >= 4 is 33.5 Å². The zero-order chi connectivity index (χ0) is 9.84. The maximum absolute atomic E-state index is 10.2.